The number of primary amides is 1. The van der Waals surface area contributed by atoms with Crippen LogP contribution in [0.15, 0.2) is 59.2 Å². The summed E-state index contributed by atoms with van der Waals surface area (Å²) in [6, 6.07) is 14.4. The Morgan fingerprint density at radius 3 is 2.10 bits per heavy atom. The maximum atomic E-state index is 10.6. The summed E-state index contributed by atoms with van der Waals surface area (Å²) in [6.07, 6.45) is 1.63. The van der Waals surface area contributed by atoms with Crippen LogP contribution in [0.1, 0.15) is 23.0 Å². The van der Waals surface area contributed by atoms with E-state index in [4.69, 9.17) is 31.2 Å². The number of hydrogen-bond donors (Lipinski definition) is 1. The van der Waals surface area contributed by atoms with Gasteiger partial charge in [-0.15, -0.1) is 11.6 Å². The topological polar surface area (TPSA) is 105 Å². The average molecular weight is 433 g/mol. The van der Waals surface area contributed by atoms with Crippen LogP contribution in [0.5, 0.6) is 11.5 Å². The lowest BCUT2D eigenvalue weighted by molar-refractivity contribution is -0.114. The van der Waals surface area contributed by atoms with E-state index in [1.165, 1.54) is 6.92 Å². The molecule has 1 amide bonds. The van der Waals surface area contributed by atoms with Crippen LogP contribution >= 0.6 is 11.6 Å². The van der Waals surface area contributed by atoms with Crippen LogP contribution in [-0.2, 0) is 4.79 Å². The van der Waals surface area contributed by atoms with Gasteiger partial charge in [-0.05, 0) is 50.2 Å². The Morgan fingerprint density at radius 2 is 1.63 bits per heavy atom. The van der Waals surface area contributed by atoms with Gasteiger partial charge in [0.05, 0.1) is 25.8 Å². The molecule has 30 heavy (non-hydrogen) atoms. The van der Waals surface area contributed by atoms with Crippen molar-refractivity contribution in [3.05, 3.63) is 66.1 Å². The van der Waals surface area contributed by atoms with E-state index in [-0.39, 0.29) is 11.7 Å². The lowest BCUT2D eigenvalue weighted by Crippen LogP contribution is -2.10. The molecule has 0 radical (unpaired) electrons. The molecule has 0 aliphatic rings. The minimum Gasteiger partial charge on any atom is -0.497 e. The monoisotopic (exact) mass is 432 g/mol. The number of rotatable bonds is 5. The first-order valence-electron chi connectivity index (χ1n) is 8.86. The third-order valence-corrected chi connectivity index (χ3v) is 3.85. The zero-order valence-corrected chi connectivity index (χ0v) is 18.1. The highest BCUT2D eigenvalue weighted by molar-refractivity contribution is 6.27. The minimum absolute atomic E-state index is 0.0201. The highest BCUT2D eigenvalue weighted by Crippen LogP contribution is 2.22. The summed E-state index contributed by atoms with van der Waals surface area (Å²) in [4.78, 5) is 24.6. The number of benzene rings is 2. The zero-order chi connectivity index (χ0) is 22.5. The van der Waals surface area contributed by atoms with E-state index in [0.29, 0.717) is 17.2 Å². The predicted molar refractivity (Wildman–Crippen MR) is 116 cm³/mol. The van der Waals surface area contributed by atoms with Crippen molar-refractivity contribution in [3.8, 4) is 23.0 Å². The Hall–Kier alpha value is -3.32. The fraction of sp³-hybridized carbons (Fsp3) is 0.227. The van der Waals surface area contributed by atoms with Gasteiger partial charge < -0.3 is 19.6 Å². The number of hydrogen-bond acceptors (Lipinski definition) is 6. The number of carbonyl (C=O) groups excluding carboxylic acids is 2. The normalized spacial score (nSPS) is 9.37. The van der Waals surface area contributed by atoms with Gasteiger partial charge in [-0.3, -0.25) is 9.59 Å². The van der Waals surface area contributed by atoms with E-state index in [1.807, 2.05) is 31.2 Å². The molecule has 0 aliphatic heterocycles. The molecule has 1 aromatic heterocycles. The predicted octanol–water partition coefficient (Wildman–Crippen LogP) is 4.27. The fourth-order valence-corrected chi connectivity index (χ4v) is 2.02. The average Bonchev–Trinajstić information content (AvgIpc) is 3.21. The number of carbonyl (C=O) groups is 2. The molecule has 3 aromatic rings. The Bertz CT molecular complexity index is 956. The third-order valence-electron chi connectivity index (χ3n) is 3.48. The molecule has 2 N–H and O–H groups in total. The molecule has 3 rings (SSSR count). The van der Waals surface area contributed by atoms with Gasteiger partial charge in [0.25, 0.3) is 0 Å². The smallest absolute Gasteiger partial charge is 0.248 e. The number of halogens is 1. The largest absolute Gasteiger partial charge is 0.497 e. The second-order valence-electron chi connectivity index (χ2n) is 5.96. The molecule has 160 valence electrons. The van der Waals surface area contributed by atoms with Gasteiger partial charge in [-0.25, -0.2) is 4.98 Å². The van der Waals surface area contributed by atoms with Gasteiger partial charge >= 0.3 is 0 Å². The number of ether oxygens (including phenoxy) is 2. The van der Waals surface area contributed by atoms with Gasteiger partial charge in [0, 0.05) is 11.1 Å². The van der Waals surface area contributed by atoms with Crippen molar-refractivity contribution in [2.75, 3.05) is 20.1 Å². The minimum atomic E-state index is -0.441. The van der Waals surface area contributed by atoms with Crippen molar-refractivity contribution < 1.29 is 23.5 Å². The van der Waals surface area contributed by atoms with Gasteiger partial charge in [0.15, 0.2) is 0 Å². The molecular formula is C22H25ClN2O5. The standard InChI is InChI=1S/C11H11NO2.C8H9NO2.C3H5ClO/c1-8-7-14-11(12-8)9-4-3-5-10(6-9)13-2;1-11-7-4-2-3-6(5-7)8(9)10;1-3(5)2-4/h3-7H,1-2H3;2-5H,1H3,(H2,9,10);2H2,1H3. The second kappa shape index (κ2) is 13.0. The lowest BCUT2D eigenvalue weighted by Gasteiger charge is -2.00. The van der Waals surface area contributed by atoms with Crippen molar-refractivity contribution in [2.24, 2.45) is 5.73 Å². The van der Waals surface area contributed by atoms with E-state index in [0.717, 1.165) is 17.0 Å². The van der Waals surface area contributed by atoms with E-state index in [9.17, 15) is 9.59 Å². The maximum Gasteiger partial charge on any atom is 0.248 e. The number of amides is 1. The van der Waals surface area contributed by atoms with Gasteiger partial charge in [-0.1, -0.05) is 12.1 Å². The summed E-state index contributed by atoms with van der Waals surface area (Å²) in [5.41, 5.74) is 7.31. The summed E-state index contributed by atoms with van der Waals surface area (Å²) in [5, 5.41) is 0. The van der Waals surface area contributed by atoms with E-state index in [2.05, 4.69) is 4.98 Å². The zero-order valence-electron chi connectivity index (χ0n) is 17.3. The second-order valence-corrected chi connectivity index (χ2v) is 6.23. The quantitative estimate of drug-likeness (QED) is 0.603. The molecular weight excluding hydrogens is 408 g/mol. The van der Waals surface area contributed by atoms with Gasteiger partial charge in [0.1, 0.15) is 23.5 Å². The van der Waals surface area contributed by atoms with E-state index >= 15 is 0 Å². The summed E-state index contributed by atoms with van der Waals surface area (Å²) in [5.74, 6) is 1.79. The number of aromatic nitrogens is 1. The van der Waals surface area contributed by atoms with Crippen molar-refractivity contribution in [2.45, 2.75) is 13.8 Å². The van der Waals surface area contributed by atoms with Gasteiger partial charge in [-0.2, -0.15) is 0 Å². The van der Waals surface area contributed by atoms with Crippen molar-refractivity contribution >= 4 is 23.3 Å². The number of ketones is 1. The molecule has 0 atom stereocenters. The number of methoxy groups -OCH3 is 2. The van der Waals surface area contributed by atoms with Crippen LogP contribution < -0.4 is 15.2 Å². The molecule has 2 aromatic carbocycles. The first kappa shape index (κ1) is 24.7. The van der Waals surface area contributed by atoms with Crippen LogP contribution in [0, 0.1) is 6.92 Å². The molecule has 0 aliphatic carbocycles. The van der Waals surface area contributed by atoms with Crippen LogP contribution in [0.2, 0.25) is 0 Å². The molecule has 8 heteroatoms. The fourth-order valence-electron chi connectivity index (χ4n) is 2.02. The van der Waals surface area contributed by atoms with Crippen LogP contribution in [0.4, 0.5) is 0 Å². The van der Waals surface area contributed by atoms with E-state index < -0.39 is 5.91 Å². The molecule has 7 nitrogen and oxygen atoms in total. The molecule has 1 heterocycles. The molecule has 0 saturated carbocycles. The van der Waals surface area contributed by atoms with Crippen LogP contribution in [0.3, 0.4) is 0 Å². The summed E-state index contributed by atoms with van der Waals surface area (Å²) in [6.45, 7) is 3.35. The first-order chi connectivity index (χ1) is 14.3. The number of oxazole rings is 1. The molecule has 0 spiro atoms. The van der Waals surface area contributed by atoms with E-state index in [1.54, 1.807) is 44.7 Å². The van der Waals surface area contributed by atoms with Crippen LogP contribution in [-0.4, -0.2) is 36.8 Å². The first-order valence-corrected chi connectivity index (χ1v) is 9.40. The maximum absolute atomic E-state index is 10.6. The van der Waals surface area contributed by atoms with Crippen molar-refractivity contribution in [1.82, 2.24) is 4.98 Å². The molecule has 0 saturated heterocycles. The summed E-state index contributed by atoms with van der Waals surface area (Å²) in [7, 11) is 3.18. The Balaban J connectivity index is 0.000000251. The molecule has 0 fully saturated rings. The molecule has 0 bridgehead atoms. The lowest BCUT2D eigenvalue weighted by atomic mass is 10.2. The van der Waals surface area contributed by atoms with Crippen molar-refractivity contribution in [1.29, 1.82) is 0 Å². The number of alkyl halides is 1. The summed E-state index contributed by atoms with van der Waals surface area (Å²) >= 11 is 4.99. The Labute approximate surface area is 180 Å². The highest BCUT2D eigenvalue weighted by atomic mass is 35.5. The number of nitrogens with two attached hydrogens (primary N) is 1. The Kier molecular flexibility index (Phi) is 10.7. The summed E-state index contributed by atoms with van der Waals surface area (Å²) < 4.78 is 15.3. The molecule has 0 unspecified atom stereocenters. The van der Waals surface area contributed by atoms with Crippen molar-refractivity contribution in [3.63, 3.8) is 0 Å². The highest BCUT2D eigenvalue weighted by Gasteiger charge is 2.04. The van der Waals surface area contributed by atoms with Crippen LogP contribution in [0.25, 0.3) is 11.5 Å². The number of Topliss-reactive ketones (excluding diaryl/α,β-unsaturated/α-hetero) is 1. The SMILES string of the molecule is CC(=O)CCl.COc1cccc(-c2nc(C)co2)c1.COc1cccc(C(N)=O)c1. The Morgan fingerprint density at radius 1 is 1.07 bits per heavy atom. The third kappa shape index (κ3) is 8.79. The number of nitrogens with zero attached hydrogens (tertiary/aromatic N) is 1. The van der Waals surface area contributed by atoms with Gasteiger partial charge in [0.2, 0.25) is 11.8 Å². The number of aryl methyl sites for hydroxylation is 1.